The molecule has 2 aliphatic heterocycles. The normalized spacial score (nSPS) is 23.6. The number of rotatable bonds is 7. The first-order valence-electron chi connectivity index (χ1n) is 13.3. The summed E-state index contributed by atoms with van der Waals surface area (Å²) in [7, 11) is 0. The van der Waals surface area contributed by atoms with E-state index in [-0.39, 0.29) is 30.2 Å². The molecule has 0 aromatic heterocycles. The van der Waals surface area contributed by atoms with Gasteiger partial charge >= 0.3 is 0 Å². The summed E-state index contributed by atoms with van der Waals surface area (Å²) in [5.41, 5.74) is 8.64. The topological polar surface area (TPSA) is 86.9 Å². The smallest absolute Gasteiger partial charge is 0.245 e. The fraction of sp³-hybridized carbons (Fsp3) is 0.483. The zero-order chi connectivity index (χ0) is 25.1. The molecule has 0 radical (unpaired) electrons. The molecule has 2 aromatic rings. The Kier molecular flexibility index (Phi) is 7.37. The summed E-state index contributed by atoms with van der Waals surface area (Å²) in [6, 6.07) is 18.6. The Bertz CT molecular complexity index is 1070. The van der Waals surface area contributed by atoms with E-state index in [1.54, 1.807) is 9.80 Å². The van der Waals surface area contributed by atoms with Crippen LogP contribution in [0.15, 0.2) is 60.7 Å². The molecule has 0 spiro atoms. The molecule has 2 saturated heterocycles. The van der Waals surface area contributed by atoms with Crippen molar-refractivity contribution in [3.8, 4) is 0 Å². The second-order valence-electron chi connectivity index (χ2n) is 10.4. The summed E-state index contributed by atoms with van der Waals surface area (Å²) in [4.78, 5) is 45.7. The molecule has 7 heteroatoms. The SMILES string of the molecule is N[C@H](C(=O)N1CC(=O)N2[C@@H]1CN(CCc1ccccc1)C(=O)[C@@H]2Cc1ccccc1)C1CCCCC1. The number of carbonyl (C=O) groups excluding carboxylic acids is 3. The molecule has 36 heavy (non-hydrogen) atoms. The Morgan fingerprint density at radius 3 is 2.22 bits per heavy atom. The molecule has 2 aromatic carbocycles. The minimum Gasteiger partial charge on any atom is -0.337 e. The monoisotopic (exact) mass is 488 g/mol. The third-order valence-electron chi connectivity index (χ3n) is 8.10. The van der Waals surface area contributed by atoms with Gasteiger partial charge in [0.15, 0.2) is 0 Å². The van der Waals surface area contributed by atoms with Gasteiger partial charge in [-0.05, 0) is 36.3 Å². The Balaban J connectivity index is 1.39. The predicted molar refractivity (Wildman–Crippen MR) is 138 cm³/mol. The van der Waals surface area contributed by atoms with Crippen LogP contribution in [0.25, 0.3) is 0 Å². The molecule has 2 N–H and O–H groups in total. The summed E-state index contributed by atoms with van der Waals surface area (Å²) in [5.74, 6) is -0.208. The minimum atomic E-state index is -0.627. The summed E-state index contributed by atoms with van der Waals surface area (Å²) < 4.78 is 0. The molecule has 3 amide bonds. The molecule has 0 unspecified atom stereocenters. The zero-order valence-corrected chi connectivity index (χ0v) is 20.8. The van der Waals surface area contributed by atoms with Crippen molar-refractivity contribution in [1.29, 1.82) is 0 Å². The van der Waals surface area contributed by atoms with Gasteiger partial charge in [0.25, 0.3) is 0 Å². The molecule has 2 heterocycles. The standard InChI is InChI=1S/C29H36N4O3/c30-27(23-14-8-3-9-15-23)29(36)32-20-26(34)33-24(18-22-12-6-2-7-13-22)28(35)31(19-25(32)33)17-16-21-10-4-1-5-11-21/h1-2,4-7,10-13,23-25,27H,3,8-9,14-20,30H2/t24-,25+,27-/m0/s1. The Hall–Kier alpha value is -3.19. The number of amides is 3. The van der Waals surface area contributed by atoms with Gasteiger partial charge in [0.1, 0.15) is 18.8 Å². The van der Waals surface area contributed by atoms with Crippen LogP contribution in [-0.2, 0) is 27.2 Å². The number of nitrogens with zero attached hydrogens (tertiary/aromatic N) is 3. The van der Waals surface area contributed by atoms with E-state index in [9.17, 15) is 14.4 Å². The van der Waals surface area contributed by atoms with Crippen molar-refractivity contribution in [2.45, 2.75) is 63.2 Å². The first-order chi connectivity index (χ1) is 17.5. The van der Waals surface area contributed by atoms with E-state index >= 15 is 0 Å². The highest BCUT2D eigenvalue weighted by atomic mass is 16.2. The molecule has 0 bridgehead atoms. The molecular formula is C29H36N4O3. The summed E-state index contributed by atoms with van der Waals surface area (Å²) >= 11 is 0. The lowest BCUT2D eigenvalue weighted by molar-refractivity contribution is -0.156. The lowest BCUT2D eigenvalue weighted by Crippen LogP contribution is -2.65. The van der Waals surface area contributed by atoms with Gasteiger partial charge in [-0.1, -0.05) is 79.9 Å². The molecule has 5 rings (SSSR count). The van der Waals surface area contributed by atoms with Gasteiger partial charge in [0.2, 0.25) is 17.7 Å². The fourth-order valence-corrected chi connectivity index (χ4v) is 6.08. The number of piperazine rings is 1. The highest BCUT2D eigenvalue weighted by Crippen LogP contribution is 2.31. The van der Waals surface area contributed by atoms with Crippen molar-refractivity contribution in [1.82, 2.24) is 14.7 Å². The van der Waals surface area contributed by atoms with Crippen LogP contribution in [0.3, 0.4) is 0 Å². The molecule has 7 nitrogen and oxygen atoms in total. The number of nitrogens with two attached hydrogens (primary N) is 1. The van der Waals surface area contributed by atoms with Gasteiger partial charge in [-0.2, -0.15) is 0 Å². The highest BCUT2D eigenvalue weighted by molar-refractivity contribution is 5.95. The molecule has 3 aliphatic rings. The maximum absolute atomic E-state index is 13.7. The van der Waals surface area contributed by atoms with Crippen LogP contribution >= 0.6 is 0 Å². The average Bonchev–Trinajstić information content (AvgIpc) is 3.25. The van der Waals surface area contributed by atoms with Crippen LogP contribution < -0.4 is 5.73 Å². The predicted octanol–water partition coefficient (Wildman–Crippen LogP) is 2.59. The molecule has 3 atom stereocenters. The van der Waals surface area contributed by atoms with Crippen molar-refractivity contribution in [2.24, 2.45) is 11.7 Å². The van der Waals surface area contributed by atoms with Crippen LogP contribution in [0.5, 0.6) is 0 Å². The lowest BCUT2D eigenvalue weighted by atomic mass is 9.83. The van der Waals surface area contributed by atoms with Gasteiger partial charge in [-0.15, -0.1) is 0 Å². The van der Waals surface area contributed by atoms with E-state index in [0.29, 0.717) is 19.5 Å². The summed E-state index contributed by atoms with van der Waals surface area (Å²) in [6.07, 6.45) is 5.99. The molecule has 1 aliphatic carbocycles. The zero-order valence-electron chi connectivity index (χ0n) is 20.8. The maximum Gasteiger partial charge on any atom is 0.245 e. The lowest BCUT2D eigenvalue weighted by Gasteiger charge is -2.45. The number of hydrogen-bond donors (Lipinski definition) is 1. The van der Waals surface area contributed by atoms with Crippen LogP contribution in [0.2, 0.25) is 0 Å². The number of fused-ring (bicyclic) bond motifs is 1. The van der Waals surface area contributed by atoms with Crippen LogP contribution in [0, 0.1) is 5.92 Å². The van der Waals surface area contributed by atoms with Gasteiger partial charge in [0.05, 0.1) is 12.6 Å². The van der Waals surface area contributed by atoms with E-state index in [1.165, 1.54) is 6.42 Å². The first-order valence-corrected chi connectivity index (χ1v) is 13.3. The van der Waals surface area contributed by atoms with Crippen molar-refractivity contribution in [3.05, 3.63) is 71.8 Å². The average molecular weight is 489 g/mol. The van der Waals surface area contributed by atoms with Crippen molar-refractivity contribution in [3.63, 3.8) is 0 Å². The quantitative estimate of drug-likeness (QED) is 0.649. The van der Waals surface area contributed by atoms with Crippen LogP contribution in [-0.4, -0.2) is 70.3 Å². The second-order valence-corrected chi connectivity index (χ2v) is 10.4. The third-order valence-corrected chi connectivity index (χ3v) is 8.10. The number of hydrogen-bond acceptors (Lipinski definition) is 4. The Morgan fingerprint density at radius 1 is 0.917 bits per heavy atom. The van der Waals surface area contributed by atoms with Gasteiger partial charge in [-0.3, -0.25) is 14.4 Å². The van der Waals surface area contributed by atoms with Gasteiger partial charge in [-0.25, -0.2) is 0 Å². The first kappa shape index (κ1) is 24.5. The molecular weight excluding hydrogens is 452 g/mol. The highest BCUT2D eigenvalue weighted by Gasteiger charge is 2.52. The summed E-state index contributed by atoms with van der Waals surface area (Å²) in [6.45, 7) is 0.865. The van der Waals surface area contributed by atoms with Gasteiger partial charge < -0.3 is 20.4 Å². The van der Waals surface area contributed by atoms with Crippen LogP contribution in [0.4, 0.5) is 0 Å². The van der Waals surface area contributed by atoms with E-state index in [1.807, 2.05) is 53.4 Å². The number of carbonyl (C=O) groups is 3. The molecule has 3 fully saturated rings. The second kappa shape index (κ2) is 10.8. The fourth-order valence-electron chi connectivity index (χ4n) is 6.08. The van der Waals surface area contributed by atoms with Gasteiger partial charge in [0, 0.05) is 13.0 Å². The van der Waals surface area contributed by atoms with E-state index in [0.717, 1.165) is 43.2 Å². The third kappa shape index (κ3) is 5.03. The van der Waals surface area contributed by atoms with Crippen molar-refractivity contribution in [2.75, 3.05) is 19.6 Å². The van der Waals surface area contributed by atoms with E-state index < -0.39 is 18.2 Å². The van der Waals surface area contributed by atoms with Crippen molar-refractivity contribution >= 4 is 17.7 Å². The largest absolute Gasteiger partial charge is 0.337 e. The minimum absolute atomic E-state index is 0.00495. The van der Waals surface area contributed by atoms with E-state index in [2.05, 4.69) is 12.1 Å². The molecule has 190 valence electrons. The Labute approximate surface area is 213 Å². The number of benzene rings is 2. The summed E-state index contributed by atoms with van der Waals surface area (Å²) in [5, 5.41) is 0. The van der Waals surface area contributed by atoms with Crippen LogP contribution in [0.1, 0.15) is 43.2 Å². The van der Waals surface area contributed by atoms with Crippen molar-refractivity contribution < 1.29 is 14.4 Å². The maximum atomic E-state index is 13.7. The van der Waals surface area contributed by atoms with E-state index in [4.69, 9.17) is 5.73 Å². The molecule has 1 saturated carbocycles. The Morgan fingerprint density at radius 2 is 1.56 bits per heavy atom.